The molecule has 2 fully saturated rings. The highest BCUT2D eigenvalue weighted by atomic mass is 16.2. The molecule has 3 aliphatic heterocycles. The second-order valence-corrected chi connectivity index (χ2v) is 8.46. The van der Waals surface area contributed by atoms with Crippen LogP contribution in [0.3, 0.4) is 0 Å². The number of rotatable bonds is 5. The molecule has 2 amide bonds. The number of hydrogen-bond donors (Lipinski definition) is 2. The van der Waals surface area contributed by atoms with Crippen molar-refractivity contribution in [3.63, 3.8) is 0 Å². The Balaban J connectivity index is 1.35. The van der Waals surface area contributed by atoms with Gasteiger partial charge in [-0.15, -0.1) is 0 Å². The van der Waals surface area contributed by atoms with Crippen molar-refractivity contribution in [3.05, 3.63) is 47.8 Å². The number of carbonyl (C=O) groups is 2. The fraction of sp³-hybridized carbons (Fsp3) is 0.500. The Morgan fingerprint density at radius 1 is 1.38 bits per heavy atom. The van der Waals surface area contributed by atoms with Gasteiger partial charge < -0.3 is 10.6 Å². The number of benzene rings is 1. The van der Waals surface area contributed by atoms with Crippen LogP contribution in [0.1, 0.15) is 36.8 Å². The lowest BCUT2D eigenvalue weighted by Crippen LogP contribution is -2.54. The molecule has 2 saturated heterocycles. The van der Waals surface area contributed by atoms with Gasteiger partial charge in [0.25, 0.3) is 0 Å². The summed E-state index contributed by atoms with van der Waals surface area (Å²) in [6.45, 7) is 1.48. The minimum atomic E-state index is -0.856. The van der Waals surface area contributed by atoms with E-state index in [1.54, 1.807) is 4.68 Å². The monoisotopic (exact) mass is 393 g/mol. The zero-order valence-corrected chi connectivity index (χ0v) is 16.7. The van der Waals surface area contributed by atoms with Crippen LogP contribution in [0.5, 0.6) is 0 Å². The Labute approximate surface area is 170 Å². The highest BCUT2D eigenvalue weighted by Gasteiger charge is 2.65. The summed E-state index contributed by atoms with van der Waals surface area (Å²) in [5.74, 6) is -0.397. The summed E-state index contributed by atoms with van der Waals surface area (Å²) < 4.78 is 1.79. The highest BCUT2D eigenvalue weighted by Crippen LogP contribution is 2.55. The van der Waals surface area contributed by atoms with E-state index in [-0.39, 0.29) is 17.7 Å². The number of carbonyl (C=O) groups excluding carboxylic acids is 2. The fourth-order valence-electron chi connectivity index (χ4n) is 5.61. The van der Waals surface area contributed by atoms with Crippen molar-refractivity contribution in [2.24, 2.45) is 13.0 Å². The van der Waals surface area contributed by atoms with Gasteiger partial charge in [0.2, 0.25) is 11.8 Å². The van der Waals surface area contributed by atoms with Crippen molar-refractivity contribution in [3.8, 4) is 0 Å². The third kappa shape index (κ3) is 2.79. The molecular formula is C22H27N5O2. The molecule has 3 atom stereocenters. The first-order valence-corrected chi connectivity index (χ1v) is 10.5. The Bertz CT molecular complexity index is 954. The molecule has 1 spiro atoms. The summed E-state index contributed by atoms with van der Waals surface area (Å²) in [5, 5.41) is 10.4. The number of anilines is 1. The summed E-state index contributed by atoms with van der Waals surface area (Å²) in [7, 11) is 1.90. The van der Waals surface area contributed by atoms with Crippen molar-refractivity contribution in [1.82, 2.24) is 20.0 Å². The molecule has 7 nitrogen and oxygen atoms in total. The van der Waals surface area contributed by atoms with Gasteiger partial charge in [-0.2, -0.15) is 5.10 Å². The molecule has 4 heterocycles. The van der Waals surface area contributed by atoms with Crippen LogP contribution in [0, 0.1) is 5.92 Å². The molecule has 0 aliphatic carbocycles. The van der Waals surface area contributed by atoms with Gasteiger partial charge >= 0.3 is 0 Å². The minimum Gasteiger partial charge on any atom is -0.356 e. The van der Waals surface area contributed by atoms with E-state index in [4.69, 9.17) is 0 Å². The van der Waals surface area contributed by atoms with Gasteiger partial charge in [-0.25, -0.2) is 0 Å². The maximum absolute atomic E-state index is 13.3. The van der Waals surface area contributed by atoms with Gasteiger partial charge in [0, 0.05) is 37.1 Å². The summed E-state index contributed by atoms with van der Waals surface area (Å²) >= 11 is 0. The normalized spacial score (nSPS) is 27.8. The van der Waals surface area contributed by atoms with E-state index in [9.17, 15) is 9.59 Å². The third-order valence-corrected chi connectivity index (χ3v) is 6.79. The van der Waals surface area contributed by atoms with Crippen LogP contribution < -0.4 is 10.6 Å². The Morgan fingerprint density at radius 3 is 3.07 bits per heavy atom. The molecule has 0 saturated carbocycles. The number of aryl methyl sites for hydroxylation is 2. The second-order valence-electron chi connectivity index (χ2n) is 8.46. The quantitative estimate of drug-likeness (QED) is 0.760. The van der Waals surface area contributed by atoms with Gasteiger partial charge in [-0.1, -0.05) is 18.2 Å². The molecular weight excluding hydrogens is 366 g/mol. The average Bonchev–Trinajstić information content (AvgIpc) is 3.45. The first-order valence-electron chi connectivity index (χ1n) is 10.5. The lowest BCUT2D eigenvalue weighted by atomic mass is 9.78. The molecule has 2 N–H and O–H groups in total. The van der Waals surface area contributed by atoms with Crippen molar-refractivity contribution >= 4 is 17.5 Å². The molecule has 5 rings (SSSR count). The molecule has 7 heteroatoms. The van der Waals surface area contributed by atoms with Crippen molar-refractivity contribution in [2.75, 3.05) is 18.4 Å². The number of fused-ring (bicyclic) bond motifs is 4. The standard InChI is InChI=1S/C22H27N5O2/c1-26-14-15(13-24-26)6-4-10-23-20(28)18-12-16-7-5-11-27(16)22(18)17-8-2-3-9-19(17)25-21(22)29/h2-3,8-9,13-14,16,18H,4-7,10-12H2,1H3,(H,23,28)(H,25,29)/t16-,18+,22+/m1/s1. The van der Waals surface area contributed by atoms with Gasteiger partial charge in [0.1, 0.15) is 5.54 Å². The van der Waals surface area contributed by atoms with Crippen LogP contribution in [0.4, 0.5) is 5.69 Å². The van der Waals surface area contributed by atoms with Gasteiger partial charge in [-0.3, -0.25) is 19.2 Å². The Morgan fingerprint density at radius 2 is 2.24 bits per heavy atom. The zero-order chi connectivity index (χ0) is 20.0. The van der Waals surface area contributed by atoms with Gasteiger partial charge in [0.05, 0.1) is 12.1 Å². The SMILES string of the molecule is Cn1cc(CCCNC(=O)[C@@H]2C[C@H]3CCCN3[C@]23C(=O)Nc2ccccc23)cn1. The molecule has 2 aromatic rings. The first-order chi connectivity index (χ1) is 14.1. The maximum atomic E-state index is 13.3. The van der Waals surface area contributed by atoms with Crippen molar-refractivity contribution in [1.29, 1.82) is 0 Å². The predicted molar refractivity (Wildman–Crippen MR) is 109 cm³/mol. The third-order valence-electron chi connectivity index (χ3n) is 6.79. The van der Waals surface area contributed by atoms with Crippen LogP contribution in [-0.2, 0) is 28.6 Å². The van der Waals surface area contributed by atoms with E-state index >= 15 is 0 Å². The summed E-state index contributed by atoms with van der Waals surface area (Å²) in [5.41, 5.74) is 2.12. The van der Waals surface area contributed by atoms with Crippen LogP contribution >= 0.6 is 0 Å². The lowest BCUT2D eigenvalue weighted by molar-refractivity contribution is -0.137. The summed E-state index contributed by atoms with van der Waals surface area (Å²) in [4.78, 5) is 28.9. The molecule has 0 bridgehead atoms. The number of nitrogens with one attached hydrogen (secondary N) is 2. The number of amides is 2. The van der Waals surface area contributed by atoms with Crippen molar-refractivity contribution < 1.29 is 9.59 Å². The average molecular weight is 393 g/mol. The summed E-state index contributed by atoms with van der Waals surface area (Å²) in [6.07, 6.45) is 8.48. The Kier molecular flexibility index (Phi) is 4.42. The molecule has 29 heavy (non-hydrogen) atoms. The summed E-state index contributed by atoms with van der Waals surface area (Å²) in [6, 6.07) is 8.15. The van der Waals surface area contributed by atoms with E-state index in [0.717, 1.165) is 49.9 Å². The van der Waals surface area contributed by atoms with Crippen LogP contribution in [0.15, 0.2) is 36.7 Å². The first kappa shape index (κ1) is 18.4. The van der Waals surface area contributed by atoms with E-state index in [1.165, 1.54) is 5.56 Å². The van der Waals surface area contributed by atoms with Crippen LogP contribution in [-0.4, -0.2) is 45.6 Å². The zero-order valence-electron chi connectivity index (χ0n) is 16.7. The molecule has 0 unspecified atom stereocenters. The van der Waals surface area contributed by atoms with E-state index in [1.807, 2.05) is 43.7 Å². The molecule has 1 aromatic carbocycles. The lowest BCUT2D eigenvalue weighted by Gasteiger charge is -2.36. The topological polar surface area (TPSA) is 79.3 Å². The largest absolute Gasteiger partial charge is 0.356 e. The van der Waals surface area contributed by atoms with E-state index in [0.29, 0.717) is 12.6 Å². The second kappa shape index (κ2) is 6.99. The molecule has 1 aromatic heterocycles. The number of nitrogens with zero attached hydrogens (tertiary/aromatic N) is 3. The van der Waals surface area contributed by atoms with Crippen molar-refractivity contribution in [2.45, 2.75) is 43.7 Å². The van der Waals surface area contributed by atoms with Gasteiger partial charge in [0.15, 0.2) is 0 Å². The van der Waals surface area contributed by atoms with E-state index in [2.05, 4.69) is 20.6 Å². The fourth-order valence-corrected chi connectivity index (χ4v) is 5.61. The highest BCUT2D eigenvalue weighted by molar-refractivity contribution is 6.09. The van der Waals surface area contributed by atoms with Crippen LogP contribution in [0.25, 0.3) is 0 Å². The van der Waals surface area contributed by atoms with Gasteiger partial charge in [-0.05, 0) is 50.3 Å². The Hall–Kier alpha value is -2.67. The molecule has 152 valence electrons. The minimum absolute atomic E-state index is 0.00237. The number of hydrogen-bond acceptors (Lipinski definition) is 4. The molecule has 0 radical (unpaired) electrons. The predicted octanol–water partition coefficient (Wildman–Crippen LogP) is 1.80. The maximum Gasteiger partial charge on any atom is 0.250 e. The molecule has 3 aliphatic rings. The van der Waals surface area contributed by atoms with E-state index < -0.39 is 5.54 Å². The van der Waals surface area contributed by atoms with Crippen LogP contribution in [0.2, 0.25) is 0 Å². The number of aromatic nitrogens is 2. The number of para-hydroxylation sites is 1. The smallest absolute Gasteiger partial charge is 0.250 e.